The molecule has 1 saturated carbocycles. The molecule has 1 aromatic rings. The number of nitrogens with zero attached hydrogens (tertiary/aromatic N) is 2. The first kappa shape index (κ1) is 18.9. The fourth-order valence-corrected chi connectivity index (χ4v) is 4.41. The van der Waals surface area contributed by atoms with Crippen LogP contribution in [0.5, 0.6) is 0 Å². The molecule has 2 fully saturated rings. The van der Waals surface area contributed by atoms with Crippen LogP contribution in [0.4, 0.5) is 0 Å². The SMILES string of the molecule is COCc1ccc(CN2CCN(CC3CCCCC3)[C@@H](CCO)C2)o1. The molecule has 0 bridgehead atoms. The van der Waals surface area contributed by atoms with Gasteiger partial charge in [-0.3, -0.25) is 9.80 Å². The molecule has 5 nitrogen and oxygen atoms in total. The summed E-state index contributed by atoms with van der Waals surface area (Å²) in [4.78, 5) is 5.11. The highest BCUT2D eigenvalue weighted by atomic mass is 16.5. The van der Waals surface area contributed by atoms with E-state index >= 15 is 0 Å². The van der Waals surface area contributed by atoms with Crippen LogP contribution < -0.4 is 0 Å². The molecule has 1 aliphatic heterocycles. The van der Waals surface area contributed by atoms with Crippen molar-refractivity contribution in [2.75, 3.05) is 39.9 Å². The van der Waals surface area contributed by atoms with Gasteiger partial charge in [-0.25, -0.2) is 0 Å². The minimum atomic E-state index is 0.276. The van der Waals surface area contributed by atoms with Crippen LogP contribution >= 0.6 is 0 Å². The predicted octanol–water partition coefficient (Wildman–Crippen LogP) is 2.87. The summed E-state index contributed by atoms with van der Waals surface area (Å²) in [6.07, 6.45) is 7.87. The molecule has 0 unspecified atom stereocenters. The molecule has 25 heavy (non-hydrogen) atoms. The lowest BCUT2D eigenvalue weighted by atomic mass is 9.88. The molecule has 5 heteroatoms. The van der Waals surface area contributed by atoms with Crippen LogP contribution in [0, 0.1) is 5.92 Å². The van der Waals surface area contributed by atoms with Crippen molar-refractivity contribution in [3.63, 3.8) is 0 Å². The number of methoxy groups -OCH3 is 1. The molecule has 1 atom stereocenters. The van der Waals surface area contributed by atoms with Crippen LogP contribution in [-0.4, -0.2) is 60.8 Å². The number of ether oxygens (including phenoxy) is 1. The van der Waals surface area contributed by atoms with E-state index in [0.29, 0.717) is 12.6 Å². The number of piperazine rings is 1. The van der Waals surface area contributed by atoms with E-state index in [1.807, 2.05) is 6.07 Å². The van der Waals surface area contributed by atoms with Crippen LogP contribution in [0.15, 0.2) is 16.5 Å². The van der Waals surface area contributed by atoms with E-state index < -0.39 is 0 Å². The molecule has 2 aliphatic rings. The maximum atomic E-state index is 9.50. The third kappa shape index (κ3) is 5.55. The summed E-state index contributed by atoms with van der Waals surface area (Å²) in [5.41, 5.74) is 0. The lowest BCUT2D eigenvalue weighted by molar-refractivity contribution is 0.0369. The van der Waals surface area contributed by atoms with Gasteiger partial charge in [0.1, 0.15) is 18.1 Å². The van der Waals surface area contributed by atoms with E-state index in [4.69, 9.17) is 9.15 Å². The molecule has 1 aromatic heterocycles. The van der Waals surface area contributed by atoms with Crippen molar-refractivity contribution in [1.82, 2.24) is 9.80 Å². The van der Waals surface area contributed by atoms with Crippen molar-refractivity contribution in [2.45, 2.75) is 57.7 Å². The first-order valence-corrected chi connectivity index (χ1v) is 9.92. The van der Waals surface area contributed by atoms with Gasteiger partial charge >= 0.3 is 0 Å². The summed E-state index contributed by atoms with van der Waals surface area (Å²) in [5, 5.41) is 9.50. The van der Waals surface area contributed by atoms with Gasteiger partial charge in [0, 0.05) is 45.9 Å². The molecule has 1 saturated heterocycles. The van der Waals surface area contributed by atoms with E-state index in [1.165, 1.54) is 38.6 Å². The molecule has 0 spiro atoms. The topological polar surface area (TPSA) is 49.1 Å². The first-order chi connectivity index (χ1) is 12.3. The van der Waals surface area contributed by atoms with Crippen molar-refractivity contribution >= 4 is 0 Å². The Bertz CT molecular complexity index is 499. The molecule has 0 aromatic carbocycles. The zero-order valence-corrected chi connectivity index (χ0v) is 15.7. The average molecular weight is 351 g/mol. The van der Waals surface area contributed by atoms with Crippen molar-refractivity contribution in [3.8, 4) is 0 Å². The van der Waals surface area contributed by atoms with E-state index in [2.05, 4.69) is 15.9 Å². The standard InChI is InChI=1S/C20H34N2O3/c1-24-16-20-8-7-19(25-20)15-21-10-11-22(18(14-21)9-12-23)13-17-5-3-2-4-6-17/h7-8,17-18,23H,2-6,9-16H2,1H3/t18-/m0/s1. The Morgan fingerprint density at radius 1 is 1.16 bits per heavy atom. The van der Waals surface area contributed by atoms with Gasteiger partial charge in [0.25, 0.3) is 0 Å². The minimum absolute atomic E-state index is 0.276. The predicted molar refractivity (Wildman–Crippen MR) is 98.3 cm³/mol. The number of hydrogen-bond acceptors (Lipinski definition) is 5. The third-order valence-electron chi connectivity index (χ3n) is 5.75. The highest BCUT2D eigenvalue weighted by Crippen LogP contribution is 2.26. The molecular weight excluding hydrogens is 316 g/mol. The maximum absolute atomic E-state index is 9.50. The molecule has 2 heterocycles. The van der Waals surface area contributed by atoms with Gasteiger partial charge in [0.05, 0.1) is 6.54 Å². The molecule has 3 rings (SSSR count). The number of aliphatic hydroxyl groups is 1. The summed E-state index contributed by atoms with van der Waals surface area (Å²) < 4.78 is 11.0. The molecule has 0 amide bonds. The highest BCUT2D eigenvalue weighted by molar-refractivity contribution is 5.06. The van der Waals surface area contributed by atoms with Crippen molar-refractivity contribution in [1.29, 1.82) is 0 Å². The van der Waals surface area contributed by atoms with Crippen molar-refractivity contribution in [2.24, 2.45) is 5.92 Å². The Kier molecular flexibility index (Phi) is 7.35. The highest BCUT2D eigenvalue weighted by Gasteiger charge is 2.29. The fraction of sp³-hybridized carbons (Fsp3) is 0.800. The van der Waals surface area contributed by atoms with Gasteiger partial charge in [-0.15, -0.1) is 0 Å². The van der Waals surface area contributed by atoms with Gasteiger partial charge in [-0.2, -0.15) is 0 Å². The van der Waals surface area contributed by atoms with E-state index in [1.54, 1.807) is 7.11 Å². The second-order valence-electron chi connectivity index (χ2n) is 7.70. The quantitative estimate of drug-likeness (QED) is 0.781. The zero-order chi connectivity index (χ0) is 17.5. The summed E-state index contributed by atoms with van der Waals surface area (Å²) in [6.45, 7) is 6.08. The lowest BCUT2D eigenvalue weighted by Crippen LogP contribution is -2.54. The monoisotopic (exact) mass is 350 g/mol. The Balaban J connectivity index is 1.52. The Hall–Kier alpha value is -0.880. The van der Waals surface area contributed by atoms with Gasteiger partial charge in [0.2, 0.25) is 0 Å². The fourth-order valence-electron chi connectivity index (χ4n) is 4.41. The molecule has 1 N–H and O–H groups in total. The van der Waals surface area contributed by atoms with Crippen molar-refractivity contribution < 1.29 is 14.3 Å². The third-order valence-corrected chi connectivity index (χ3v) is 5.75. The molecular formula is C20H34N2O3. The van der Waals surface area contributed by atoms with E-state index in [0.717, 1.165) is 50.0 Å². The normalized spacial score (nSPS) is 24.0. The van der Waals surface area contributed by atoms with Crippen LogP contribution in [0.3, 0.4) is 0 Å². The number of aliphatic hydroxyl groups excluding tert-OH is 1. The first-order valence-electron chi connectivity index (χ1n) is 9.92. The van der Waals surface area contributed by atoms with Gasteiger partial charge in [-0.1, -0.05) is 19.3 Å². The number of rotatable bonds is 8. The lowest BCUT2D eigenvalue weighted by Gasteiger charge is -2.43. The van der Waals surface area contributed by atoms with Crippen LogP contribution in [0.25, 0.3) is 0 Å². The van der Waals surface area contributed by atoms with Gasteiger partial charge < -0.3 is 14.3 Å². The second kappa shape index (κ2) is 9.72. The van der Waals surface area contributed by atoms with Gasteiger partial charge in [-0.05, 0) is 37.3 Å². The molecule has 0 radical (unpaired) electrons. The minimum Gasteiger partial charge on any atom is -0.462 e. The Morgan fingerprint density at radius 3 is 2.72 bits per heavy atom. The maximum Gasteiger partial charge on any atom is 0.129 e. The summed E-state index contributed by atoms with van der Waals surface area (Å²) in [6, 6.07) is 4.53. The average Bonchev–Trinajstić information content (AvgIpc) is 3.06. The van der Waals surface area contributed by atoms with Crippen molar-refractivity contribution in [3.05, 3.63) is 23.7 Å². The number of hydrogen-bond donors (Lipinski definition) is 1. The van der Waals surface area contributed by atoms with Crippen LogP contribution in [0.1, 0.15) is 50.0 Å². The van der Waals surface area contributed by atoms with Crippen LogP contribution in [-0.2, 0) is 17.9 Å². The van der Waals surface area contributed by atoms with Gasteiger partial charge in [0.15, 0.2) is 0 Å². The summed E-state index contributed by atoms with van der Waals surface area (Å²) in [5.74, 6) is 2.76. The Labute approximate surface area is 151 Å². The molecule has 1 aliphatic carbocycles. The van der Waals surface area contributed by atoms with E-state index in [9.17, 15) is 5.11 Å². The zero-order valence-electron chi connectivity index (χ0n) is 15.7. The molecule has 142 valence electrons. The summed E-state index contributed by atoms with van der Waals surface area (Å²) >= 11 is 0. The van der Waals surface area contributed by atoms with E-state index in [-0.39, 0.29) is 6.61 Å². The Morgan fingerprint density at radius 2 is 1.96 bits per heavy atom. The second-order valence-corrected chi connectivity index (χ2v) is 7.70. The number of furan rings is 1. The smallest absolute Gasteiger partial charge is 0.129 e. The van der Waals surface area contributed by atoms with Crippen LogP contribution in [0.2, 0.25) is 0 Å². The largest absolute Gasteiger partial charge is 0.462 e. The summed E-state index contributed by atoms with van der Waals surface area (Å²) in [7, 11) is 1.69.